The monoisotopic (exact) mass is 348 g/mol. The van der Waals surface area contributed by atoms with Crippen molar-refractivity contribution < 1.29 is 17.9 Å². The van der Waals surface area contributed by atoms with Crippen LogP contribution >= 0.6 is 0 Å². The Balaban J connectivity index is 2.09. The maximum Gasteiger partial charge on any atom is 0.253 e. The minimum Gasteiger partial charge on any atom is -0.497 e. The summed E-state index contributed by atoms with van der Waals surface area (Å²) in [5, 5.41) is 0. The number of rotatable bonds is 6. The van der Waals surface area contributed by atoms with Crippen LogP contribution in [0.3, 0.4) is 0 Å². The third kappa shape index (κ3) is 4.12. The van der Waals surface area contributed by atoms with Crippen LogP contribution in [0.4, 0.5) is 0 Å². The van der Waals surface area contributed by atoms with E-state index in [1.54, 1.807) is 19.1 Å². The van der Waals surface area contributed by atoms with E-state index in [4.69, 9.17) is 4.74 Å². The first kappa shape index (κ1) is 18.0. The van der Waals surface area contributed by atoms with Crippen LogP contribution in [0.1, 0.15) is 15.9 Å². The van der Waals surface area contributed by atoms with Crippen LogP contribution in [0.15, 0.2) is 53.4 Å². The minimum absolute atomic E-state index is 0.124. The van der Waals surface area contributed by atoms with E-state index in [-0.39, 0.29) is 10.8 Å². The summed E-state index contributed by atoms with van der Waals surface area (Å²) in [6, 6.07) is 13.3. The van der Waals surface area contributed by atoms with Gasteiger partial charge in [0.15, 0.2) is 0 Å². The van der Waals surface area contributed by atoms with Gasteiger partial charge in [0.2, 0.25) is 10.0 Å². The van der Waals surface area contributed by atoms with E-state index in [1.165, 1.54) is 31.3 Å². The van der Waals surface area contributed by atoms with Crippen molar-refractivity contribution in [3.05, 3.63) is 59.7 Å². The van der Waals surface area contributed by atoms with Crippen molar-refractivity contribution in [3.63, 3.8) is 0 Å². The fraction of sp³-hybridized carbons (Fsp3) is 0.235. The molecule has 2 rings (SSSR count). The highest BCUT2D eigenvalue weighted by Gasteiger charge is 2.15. The third-order valence-corrected chi connectivity index (χ3v) is 5.04. The van der Waals surface area contributed by atoms with E-state index < -0.39 is 10.0 Å². The number of hydrogen-bond donors (Lipinski definition) is 1. The molecule has 0 saturated heterocycles. The molecule has 0 spiro atoms. The Bertz CT molecular complexity index is 799. The number of benzene rings is 2. The average Bonchev–Trinajstić information content (AvgIpc) is 2.61. The van der Waals surface area contributed by atoms with Crippen molar-refractivity contribution >= 4 is 15.9 Å². The molecule has 0 heterocycles. The summed E-state index contributed by atoms with van der Waals surface area (Å²) in [4.78, 5) is 14.1. The number of carbonyl (C=O) groups excluding carboxylic acids is 1. The summed E-state index contributed by atoms with van der Waals surface area (Å²) in [7, 11) is 1.14. The molecule has 24 heavy (non-hydrogen) atoms. The number of sulfonamides is 1. The highest BCUT2D eigenvalue weighted by atomic mass is 32.2. The van der Waals surface area contributed by atoms with Crippen LogP contribution in [0.5, 0.6) is 5.75 Å². The van der Waals surface area contributed by atoms with E-state index in [9.17, 15) is 13.2 Å². The van der Waals surface area contributed by atoms with Crippen LogP contribution in [0, 0.1) is 0 Å². The van der Waals surface area contributed by atoms with Gasteiger partial charge in [-0.3, -0.25) is 4.79 Å². The fourth-order valence-corrected chi connectivity index (χ4v) is 2.92. The lowest BCUT2D eigenvalue weighted by Crippen LogP contribution is -2.26. The predicted octanol–water partition coefficient (Wildman–Crippen LogP) is 1.88. The van der Waals surface area contributed by atoms with E-state index in [2.05, 4.69) is 4.72 Å². The number of ether oxygens (including phenoxy) is 1. The van der Waals surface area contributed by atoms with Gasteiger partial charge in [-0.25, -0.2) is 13.1 Å². The van der Waals surface area contributed by atoms with Crippen LogP contribution < -0.4 is 9.46 Å². The molecular formula is C17H20N2O4S. The van der Waals surface area contributed by atoms with Gasteiger partial charge in [-0.1, -0.05) is 12.1 Å². The lowest BCUT2D eigenvalue weighted by Gasteiger charge is -2.17. The van der Waals surface area contributed by atoms with Crippen molar-refractivity contribution in [2.75, 3.05) is 21.2 Å². The SMILES string of the molecule is CNS(=O)(=O)c1ccc(C(=O)N(C)Cc2ccc(OC)cc2)cc1. The molecule has 0 fully saturated rings. The smallest absolute Gasteiger partial charge is 0.253 e. The third-order valence-electron chi connectivity index (χ3n) is 3.61. The van der Waals surface area contributed by atoms with Crippen molar-refractivity contribution in [3.8, 4) is 5.75 Å². The second-order valence-electron chi connectivity index (χ2n) is 5.24. The molecule has 0 bridgehead atoms. The van der Waals surface area contributed by atoms with Gasteiger partial charge in [0, 0.05) is 19.2 Å². The first-order valence-corrected chi connectivity index (χ1v) is 8.77. The maximum absolute atomic E-state index is 12.4. The fourth-order valence-electron chi connectivity index (χ4n) is 2.19. The second kappa shape index (κ2) is 7.46. The second-order valence-corrected chi connectivity index (χ2v) is 7.13. The molecule has 128 valence electrons. The zero-order chi connectivity index (χ0) is 17.7. The number of nitrogens with one attached hydrogen (secondary N) is 1. The summed E-state index contributed by atoms with van der Waals surface area (Å²) in [6.45, 7) is 0.444. The Morgan fingerprint density at radius 3 is 2.17 bits per heavy atom. The van der Waals surface area contributed by atoms with Crippen LogP contribution in [-0.2, 0) is 16.6 Å². The van der Waals surface area contributed by atoms with Gasteiger partial charge in [-0.05, 0) is 49.0 Å². The molecule has 7 heteroatoms. The van der Waals surface area contributed by atoms with E-state index >= 15 is 0 Å². The summed E-state index contributed by atoms with van der Waals surface area (Å²) < 4.78 is 30.7. The maximum atomic E-state index is 12.4. The lowest BCUT2D eigenvalue weighted by atomic mass is 10.1. The number of carbonyl (C=O) groups is 1. The average molecular weight is 348 g/mol. The molecular weight excluding hydrogens is 328 g/mol. The van der Waals surface area contributed by atoms with Gasteiger partial charge in [0.05, 0.1) is 12.0 Å². The molecule has 6 nitrogen and oxygen atoms in total. The Labute approximate surface area is 142 Å². The molecule has 2 aromatic rings. The summed E-state index contributed by atoms with van der Waals surface area (Å²) in [6.07, 6.45) is 0. The molecule has 0 unspecified atom stereocenters. The van der Waals surface area contributed by atoms with Crippen molar-refractivity contribution in [2.45, 2.75) is 11.4 Å². The highest BCUT2D eigenvalue weighted by molar-refractivity contribution is 7.89. The molecule has 0 aromatic heterocycles. The molecule has 0 radical (unpaired) electrons. The number of amides is 1. The molecule has 0 aliphatic heterocycles. The molecule has 0 aliphatic rings. The van der Waals surface area contributed by atoms with Gasteiger partial charge in [-0.2, -0.15) is 0 Å². The molecule has 1 N–H and O–H groups in total. The zero-order valence-electron chi connectivity index (χ0n) is 13.8. The Hall–Kier alpha value is -2.38. The minimum atomic E-state index is -3.50. The van der Waals surface area contributed by atoms with E-state index in [0.717, 1.165) is 11.3 Å². The largest absolute Gasteiger partial charge is 0.497 e. The van der Waals surface area contributed by atoms with Crippen molar-refractivity contribution in [1.82, 2.24) is 9.62 Å². The van der Waals surface area contributed by atoms with Crippen LogP contribution in [0.25, 0.3) is 0 Å². The molecule has 0 saturated carbocycles. The van der Waals surface area contributed by atoms with Gasteiger partial charge < -0.3 is 9.64 Å². The molecule has 2 aromatic carbocycles. The number of methoxy groups -OCH3 is 1. The summed E-state index contributed by atoms with van der Waals surface area (Å²) in [5.41, 5.74) is 1.40. The van der Waals surface area contributed by atoms with Gasteiger partial charge in [0.25, 0.3) is 5.91 Å². The van der Waals surface area contributed by atoms with Crippen LogP contribution in [-0.4, -0.2) is 40.4 Å². The summed E-state index contributed by atoms with van der Waals surface area (Å²) in [5.74, 6) is 0.577. The molecule has 0 aliphatic carbocycles. The normalized spacial score (nSPS) is 11.1. The molecule has 0 atom stereocenters. The first-order chi connectivity index (χ1) is 11.4. The van der Waals surface area contributed by atoms with Gasteiger partial charge in [0.1, 0.15) is 5.75 Å². The summed E-state index contributed by atoms with van der Waals surface area (Å²) >= 11 is 0. The number of hydrogen-bond acceptors (Lipinski definition) is 4. The van der Waals surface area contributed by atoms with Crippen LogP contribution in [0.2, 0.25) is 0 Å². The zero-order valence-corrected chi connectivity index (χ0v) is 14.6. The Morgan fingerprint density at radius 2 is 1.67 bits per heavy atom. The highest BCUT2D eigenvalue weighted by Crippen LogP contribution is 2.15. The van der Waals surface area contributed by atoms with E-state index in [0.29, 0.717) is 12.1 Å². The topological polar surface area (TPSA) is 75.7 Å². The van der Waals surface area contributed by atoms with Crippen molar-refractivity contribution in [1.29, 1.82) is 0 Å². The Kier molecular flexibility index (Phi) is 5.58. The Morgan fingerprint density at radius 1 is 1.08 bits per heavy atom. The number of nitrogens with zero attached hydrogens (tertiary/aromatic N) is 1. The van der Waals surface area contributed by atoms with E-state index in [1.807, 2.05) is 24.3 Å². The molecule has 1 amide bonds. The standard InChI is InChI=1S/C17H20N2O4S/c1-18-24(21,22)16-10-6-14(7-11-16)17(20)19(2)12-13-4-8-15(23-3)9-5-13/h4-11,18H,12H2,1-3H3. The van der Waals surface area contributed by atoms with Gasteiger partial charge in [-0.15, -0.1) is 0 Å². The van der Waals surface area contributed by atoms with Crippen molar-refractivity contribution in [2.24, 2.45) is 0 Å². The van der Waals surface area contributed by atoms with Gasteiger partial charge >= 0.3 is 0 Å². The predicted molar refractivity (Wildman–Crippen MR) is 91.5 cm³/mol. The lowest BCUT2D eigenvalue weighted by molar-refractivity contribution is 0.0785. The first-order valence-electron chi connectivity index (χ1n) is 7.29. The quantitative estimate of drug-likeness (QED) is 0.865.